The van der Waals surface area contributed by atoms with Gasteiger partial charge in [0.15, 0.2) is 23.0 Å². The third-order valence-corrected chi connectivity index (χ3v) is 13.6. The van der Waals surface area contributed by atoms with Crippen LogP contribution in [-0.4, -0.2) is 129 Å². The van der Waals surface area contributed by atoms with Crippen molar-refractivity contribution in [2.45, 2.75) is 69.5 Å². The maximum absolute atomic E-state index is 14.2. The zero-order valence-corrected chi connectivity index (χ0v) is 30.2. The molecule has 2 amide bonds. The molecular formula is C36H47F2N4O8P. The van der Waals surface area contributed by atoms with E-state index in [1.807, 2.05) is 6.92 Å². The van der Waals surface area contributed by atoms with Gasteiger partial charge in [-0.25, -0.2) is 8.78 Å². The SMILES string of the molecule is COc1cc2c(cc1OCCCP(=O)(CCCO)CCCOc1cc3c(cc1OC)C(=O)N1CC(F)C[C@H]1C(C)N3)N=C[C@@H]1CC(F)CN1C2=O. The summed E-state index contributed by atoms with van der Waals surface area (Å²) in [6, 6.07) is 5.78. The van der Waals surface area contributed by atoms with Gasteiger partial charge in [-0.3, -0.25) is 14.6 Å². The maximum atomic E-state index is 14.2. The Labute approximate surface area is 296 Å². The van der Waals surface area contributed by atoms with E-state index in [-0.39, 0.29) is 63.2 Å². The number of halogens is 2. The number of benzene rings is 2. The summed E-state index contributed by atoms with van der Waals surface area (Å²) in [4.78, 5) is 34.0. The lowest BCUT2D eigenvalue weighted by atomic mass is 10.1. The van der Waals surface area contributed by atoms with E-state index in [4.69, 9.17) is 18.9 Å². The van der Waals surface area contributed by atoms with Gasteiger partial charge in [0.05, 0.1) is 82.3 Å². The molecule has 2 saturated heterocycles. The van der Waals surface area contributed by atoms with Crippen LogP contribution in [-0.2, 0) is 4.57 Å². The highest BCUT2D eigenvalue weighted by atomic mass is 31.2. The van der Waals surface area contributed by atoms with Crippen molar-refractivity contribution in [1.29, 1.82) is 0 Å². The van der Waals surface area contributed by atoms with Gasteiger partial charge in [-0.2, -0.15) is 0 Å². The third-order valence-electron chi connectivity index (χ3n) is 10.2. The van der Waals surface area contributed by atoms with Gasteiger partial charge in [0, 0.05) is 62.3 Å². The fraction of sp³-hybridized carbons (Fsp3) is 0.583. The van der Waals surface area contributed by atoms with Crippen LogP contribution in [0.25, 0.3) is 0 Å². The Balaban J connectivity index is 1.05. The van der Waals surface area contributed by atoms with Crippen LogP contribution in [0.2, 0.25) is 0 Å². The first-order valence-corrected chi connectivity index (χ1v) is 19.9. The number of alkyl halides is 2. The van der Waals surface area contributed by atoms with Gasteiger partial charge in [0.1, 0.15) is 12.3 Å². The van der Waals surface area contributed by atoms with Gasteiger partial charge in [0.25, 0.3) is 11.8 Å². The standard InChI is InChI=1S/C36H47F2N4O8P/c1-22-30-14-24(38)21-42(30)36(45)27-16-32(48-3)34(18-29(27)40-22)50-9-6-12-51(46,10-4-7-43)11-5-8-49-33-17-28-26(15-31(33)47-2)35(44)41-20-23(37)13-25(41)19-39-28/h15-19,22-25,30,40,43H,4-14,20-21H2,1-3H3/t22?,23?,24?,25-,30-,51?/m0/s1. The van der Waals surface area contributed by atoms with Crippen LogP contribution in [0.3, 0.4) is 0 Å². The van der Waals surface area contributed by atoms with Crippen LogP contribution in [0.5, 0.6) is 23.0 Å². The Morgan fingerprint density at radius 2 is 1.43 bits per heavy atom. The summed E-state index contributed by atoms with van der Waals surface area (Å²) in [6.45, 7) is 2.47. The number of ether oxygens (including phenoxy) is 4. The largest absolute Gasteiger partial charge is 0.493 e. The van der Waals surface area contributed by atoms with Gasteiger partial charge in [-0.05, 0) is 38.3 Å². The predicted octanol–water partition coefficient (Wildman–Crippen LogP) is 5.32. The molecule has 0 saturated carbocycles. The number of aliphatic hydroxyl groups excluding tert-OH is 1. The highest BCUT2D eigenvalue weighted by molar-refractivity contribution is 7.63. The number of rotatable bonds is 15. The van der Waals surface area contributed by atoms with Crippen LogP contribution in [0.1, 0.15) is 59.7 Å². The van der Waals surface area contributed by atoms with Gasteiger partial charge < -0.3 is 43.7 Å². The molecule has 4 unspecified atom stereocenters. The number of hydrogen-bond donors (Lipinski definition) is 2. The lowest BCUT2D eigenvalue weighted by molar-refractivity contribution is 0.0726. The fourth-order valence-electron chi connectivity index (χ4n) is 7.52. The molecule has 6 rings (SSSR count). The van der Waals surface area contributed by atoms with E-state index < -0.39 is 25.5 Å². The number of amides is 2. The molecule has 2 aromatic carbocycles. The minimum Gasteiger partial charge on any atom is -0.493 e. The number of carbonyl (C=O) groups excluding carboxylic acids is 2. The minimum atomic E-state index is -2.70. The number of anilines is 1. The van der Waals surface area contributed by atoms with Crippen molar-refractivity contribution < 1.29 is 47.0 Å². The molecule has 0 spiro atoms. The molecule has 12 nitrogen and oxygen atoms in total. The van der Waals surface area contributed by atoms with Crippen molar-refractivity contribution in [2.75, 3.05) is 70.9 Å². The number of hydrogen-bond acceptors (Lipinski definition) is 10. The van der Waals surface area contributed by atoms with Crippen molar-refractivity contribution in [3.05, 3.63) is 35.4 Å². The van der Waals surface area contributed by atoms with E-state index in [1.54, 1.807) is 35.4 Å². The molecule has 0 aliphatic carbocycles. The van der Waals surface area contributed by atoms with Crippen molar-refractivity contribution in [1.82, 2.24) is 9.80 Å². The van der Waals surface area contributed by atoms with Crippen LogP contribution in [0, 0.1) is 0 Å². The summed E-state index contributed by atoms with van der Waals surface area (Å²) in [7, 11) is 0.265. The van der Waals surface area contributed by atoms with Crippen molar-refractivity contribution >= 4 is 36.5 Å². The summed E-state index contributed by atoms with van der Waals surface area (Å²) in [5.41, 5.74) is 1.75. The lowest BCUT2D eigenvalue weighted by Crippen LogP contribution is -2.41. The first-order chi connectivity index (χ1) is 24.5. The monoisotopic (exact) mass is 732 g/mol. The van der Waals surface area contributed by atoms with Crippen molar-refractivity contribution in [3.8, 4) is 23.0 Å². The topological polar surface area (TPSA) is 139 Å². The number of methoxy groups -OCH3 is 2. The molecule has 278 valence electrons. The molecule has 0 radical (unpaired) electrons. The summed E-state index contributed by atoms with van der Waals surface area (Å²) >= 11 is 0. The van der Waals surface area contributed by atoms with Gasteiger partial charge in [0.2, 0.25) is 0 Å². The minimum absolute atomic E-state index is 0.0301. The average molecular weight is 733 g/mol. The molecule has 2 aromatic rings. The molecule has 51 heavy (non-hydrogen) atoms. The second-order valence-electron chi connectivity index (χ2n) is 13.7. The quantitative estimate of drug-likeness (QED) is 0.184. The van der Waals surface area contributed by atoms with Gasteiger partial charge in [-0.15, -0.1) is 0 Å². The number of fused-ring (bicyclic) bond motifs is 4. The van der Waals surface area contributed by atoms with Crippen LogP contribution in [0.4, 0.5) is 20.2 Å². The summed E-state index contributed by atoms with van der Waals surface area (Å²) in [6.07, 6.45) is 2.59. The molecule has 4 aliphatic heterocycles. The lowest BCUT2D eigenvalue weighted by Gasteiger charge is -2.26. The van der Waals surface area contributed by atoms with Crippen LogP contribution in [0.15, 0.2) is 29.3 Å². The van der Waals surface area contributed by atoms with Crippen molar-refractivity contribution in [3.63, 3.8) is 0 Å². The average Bonchev–Trinajstić information content (AvgIpc) is 3.65. The molecule has 6 atom stereocenters. The van der Waals surface area contributed by atoms with Crippen LogP contribution >= 0.6 is 7.14 Å². The highest BCUT2D eigenvalue weighted by Gasteiger charge is 2.42. The molecule has 0 bridgehead atoms. The second-order valence-corrected chi connectivity index (χ2v) is 17.2. The normalized spacial score (nSPS) is 24.8. The molecule has 2 fully saturated rings. The Kier molecular flexibility index (Phi) is 11.4. The van der Waals surface area contributed by atoms with E-state index in [0.717, 1.165) is 0 Å². The summed E-state index contributed by atoms with van der Waals surface area (Å²) in [5, 5.41) is 12.9. The Morgan fingerprint density at radius 1 is 0.843 bits per heavy atom. The number of nitrogens with one attached hydrogen (secondary N) is 1. The number of carbonyl (C=O) groups is 2. The molecule has 4 heterocycles. The molecule has 0 aromatic heterocycles. The van der Waals surface area contributed by atoms with E-state index in [2.05, 4.69) is 10.3 Å². The Hall–Kier alpha value is -3.90. The summed E-state index contributed by atoms with van der Waals surface area (Å²) in [5.74, 6) is 1.03. The maximum Gasteiger partial charge on any atom is 0.256 e. The smallest absolute Gasteiger partial charge is 0.256 e. The van der Waals surface area contributed by atoms with E-state index in [9.17, 15) is 28.0 Å². The third kappa shape index (κ3) is 7.96. The Morgan fingerprint density at radius 3 is 2.10 bits per heavy atom. The first-order valence-electron chi connectivity index (χ1n) is 17.6. The molecule has 4 aliphatic rings. The van der Waals surface area contributed by atoms with E-state index in [0.29, 0.717) is 89.7 Å². The van der Waals surface area contributed by atoms with Gasteiger partial charge in [-0.1, -0.05) is 0 Å². The summed E-state index contributed by atoms with van der Waals surface area (Å²) < 4.78 is 65.4. The predicted molar refractivity (Wildman–Crippen MR) is 190 cm³/mol. The fourth-order valence-corrected chi connectivity index (χ4v) is 10.3. The number of aliphatic imine (C=N–C) groups is 1. The van der Waals surface area contributed by atoms with E-state index in [1.165, 1.54) is 19.1 Å². The highest BCUT2D eigenvalue weighted by Crippen LogP contribution is 2.48. The number of nitrogens with zero attached hydrogens (tertiary/aromatic N) is 3. The second kappa shape index (κ2) is 15.8. The Bertz CT molecular complexity index is 1690. The number of aliphatic hydroxyl groups is 1. The molecule has 15 heteroatoms. The first kappa shape index (κ1) is 36.9. The zero-order chi connectivity index (χ0) is 36.3. The molecular weight excluding hydrogens is 685 g/mol. The zero-order valence-electron chi connectivity index (χ0n) is 29.3. The van der Waals surface area contributed by atoms with E-state index >= 15 is 0 Å². The van der Waals surface area contributed by atoms with Crippen molar-refractivity contribution in [2.24, 2.45) is 4.99 Å². The van der Waals surface area contributed by atoms with Gasteiger partial charge >= 0.3 is 0 Å². The molecule has 2 N–H and O–H groups in total. The van der Waals surface area contributed by atoms with Crippen LogP contribution < -0.4 is 24.3 Å².